The molecule has 0 bridgehead atoms. The molecule has 0 spiro atoms. The van der Waals surface area contributed by atoms with Crippen LogP contribution in [0.2, 0.25) is 0 Å². The Morgan fingerprint density at radius 3 is 3.38 bits per heavy atom. The molecule has 1 aromatic rings. The summed E-state index contributed by atoms with van der Waals surface area (Å²) in [6.07, 6.45) is 1.24. The van der Waals surface area contributed by atoms with Gasteiger partial charge in [0.15, 0.2) is 0 Å². The molecule has 0 saturated carbocycles. The van der Waals surface area contributed by atoms with Crippen LogP contribution < -0.4 is 5.32 Å². The van der Waals surface area contributed by atoms with Gasteiger partial charge in [0.2, 0.25) is 0 Å². The lowest BCUT2D eigenvalue weighted by Gasteiger charge is -2.21. The lowest BCUT2D eigenvalue weighted by Crippen LogP contribution is -2.34. The Hall–Kier alpha value is -0.100. The standard InChI is InChI=1S/C11H18N2OS2/c1-2-5-15-8-11-13-10(7-16-11)9-6-14-4-3-12-9/h7,9,12H,2-6,8H2,1H3. The molecule has 2 rings (SSSR count). The molecular weight excluding hydrogens is 240 g/mol. The normalized spacial score (nSPS) is 21.2. The molecule has 1 saturated heterocycles. The predicted octanol–water partition coefficient (Wildman–Crippen LogP) is 2.45. The minimum absolute atomic E-state index is 0.301. The van der Waals surface area contributed by atoms with Crippen molar-refractivity contribution in [2.75, 3.05) is 25.5 Å². The van der Waals surface area contributed by atoms with Gasteiger partial charge in [0, 0.05) is 17.7 Å². The Kier molecular flexibility index (Phi) is 5.09. The Bertz CT molecular complexity index is 311. The van der Waals surface area contributed by atoms with Crippen molar-refractivity contribution in [3.8, 4) is 0 Å². The van der Waals surface area contributed by atoms with E-state index in [4.69, 9.17) is 4.74 Å². The number of morpholine rings is 1. The van der Waals surface area contributed by atoms with Crippen LogP contribution in [0.1, 0.15) is 30.1 Å². The van der Waals surface area contributed by atoms with Gasteiger partial charge in [-0.15, -0.1) is 11.3 Å². The van der Waals surface area contributed by atoms with Crippen LogP contribution in [0, 0.1) is 0 Å². The number of aromatic nitrogens is 1. The van der Waals surface area contributed by atoms with Gasteiger partial charge in [-0.3, -0.25) is 0 Å². The van der Waals surface area contributed by atoms with Gasteiger partial charge in [-0.2, -0.15) is 11.8 Å². The van der Waals surface area contributed by atoms with E-state index in [9.17, 15) is 0 Å². The molecule has 1 aliphatic rings. The largest absolute Gasteiger partial charge is 0.378 e. The highest BCUT2D eigenvalue weighted by Crippen LogP contribution is 2.22. The van der Waals surface area contributed by atoms with Crippen molar-refractivity contribution in [3.05, 3.63) is 16.1 Å². The number of hydrogen-bond acceptors (Lipinski definition) is 5. The number of nitrogens with zero attached hydrogens (tertiary/aromatic N) is 1. The number of rotatable bonds is 5. The number of thiazole rings is 1. The van der Waals surface area contributed by atoms with Crippen molar-refractivity contribution in [3.63, 3.8) is 0 Å². The third kappa shape index (κ3) is 3.45. The lowest BCUT2D eigenvalue weighted by molar-refractivity contribution is 0.0758. The second kappa shape index (κ2) is 6.59. The maximum Gasteiger partial charge on any atom is 0.103 e. The molecule has 3 nitrogen and oxygen atoms in total. The summed E-state index contributed by atoms with van der Waals surface area (Å²) in [5.41, 5.74) is 1.15. The van der Waals surface area contributed by atoms with E-state index < -0.39 is 0 Å². The highest BCUT2D eigenvalue weighted by molar-refractivity contribution is 7.98. The van der Waals surface area contributed by atoms with Crippen molar-refractivity contribution in [1.82, 2.24) is 10.3 Å². The molecule has 1 atom stereocenters. The Morgan fingerprint density at radius 1 is 1.69 bits per heavy atom. The summed E-state index contributed by atoms with van der Waals surface area (Å²) < 4.78 is 5.44. The molecule has 0 amide bonds. The van der Waals surface area contributed by atoms with Crippen LogP contribution in [-0.2, 0) is 10.5 Å². The molecule has 0 aliphatic carbocycles. The molecule has 1 N–H and O–H groups in total. The molecule has 0 aromatic carbocycles. The van der Waals surface area contributed by atoms with Crippen molar-refractivity contribution in [2.24, 2.45) is 0 Å². The lowest BCUT2D eigenvalue weighted by atomic mass is 10.2. The van der Waals surface area contributed by atoms with Crippen LogP contribution in [0.3, 0.4) is 0 Å². The number of thioether (sulfide) groups is 1. The van der Waals surface area contributed by atoms with Crippen LogP contribution in [0.25, 0.3) is 0 Å². The molecule has 1 aliphatic heterocycles. The topological polar surface area (TPSA) is 34.1 Å². The van der Waals surface area contributed by atoms with Crippen LogP contribution >= 0.6 is 23.1 Å². The van der Waals surface area contributed by atoms with Crippen molar-refractivity contribution >= 4 is 23.1 Å². The van der Waals surface area contributed by atoms with E-state index in [1.807, 2.05) is 11.8 Å². The van der Waals surface area contributed by atoms with Crippen molar-refractivity contribution in [2.45, 2.75) is 25.1 Å². The fourth-order valence-electron chi connectivity index (χ4n) is 1.61. The molecule has 0 radical (unpaired) electrons. The fourth-order valence-corrected chi connectivity index (χ4v) is 3.44. The second-order valence-electron chi connectivity index (χ2n) is 3.80. The van der Waals surface area contributed by atoms with Gasteiger partial charge >= 0.3 is 0 Å². The Morgan fingerprint density at radius 2 is 2.62 bits per heavy atom. The molecule has 1 fully saturated rings. The Labute approximate surface area is 105 Å². The van der Waals surface area contributed by atoms with E-state index in [0.717, 1.165) is 31.2 Å². The third-order valence-corrected chi connectivity index (χ3v) is 4.65. The quantitative estimate of drug-likeness (QED) is 0.823. The van der Waals surface area contributed by atoms with E-state index in [2.05, 4.69) is 22.6 Å². The van der Waals surface area contributed by atoms with Gasteiger partial charge in [0.1, 0.15) is 5.01 Å². The second-order valence-corrected chi connectivity index (χ2v) is 5.85. The highest BCUT2D eigenvalue weighted by Gasteiger charge is 2.17. The Balaban J connectivity index is 1.85. The van der Waals surface area contributed by atoms with E-state index >= 15 is 0 Å². The summed E-state index contributed by atoms with van der Waals surface area (Å²) in [5, 5.41) is 6.83. The van der Waals surface area contributed by atoms with Gasteiger partial charge in [-0.25, -0.2) is 4.98 Å². The van der Waals surface area contributed by atoms with Crippen LogP contribution in [0.4, 0.5) is 0 Å². The van der Waals surface area contributed by atoms with Gasteiger partial charge in [-0.05, 0) is 12.2 Å². The maximum atomic E-state index is 5.44. The maximum absolute atomic E-state index is 5.44. The molecule has 1 unspecified atom stereocenters. The van der Waals surface area contributed by atoms with Crippen molar-refractivity contribution < 1.29 is 4.74 Å². The average molecular weight is 258 g/mol. The summed E-state index contributed by atoms with van der Waals surface area (Å²) in [6.45, 7) is 4.72. The molecular formula is C11H18N2OS2. The fraction of sp³-hybridized carbons (Fsp3) is 0.727. The zero-order chi connectivity index (χ0) is 11.2. The number of ether oxygens (including phenoxy) is 1. The molecule has 2 heterocycles. The summed E-state index contributed by atoms with van der Waals surface area (Å²) in [7, 11) is 0. The molecule has 5 heteroatoms. The first-order valence-electron chi connectivity index (χ1n) is 5.73. The minimum Gasteiger partial charge on any atom is -0.378 e. The first-order chi connectivity index (χ1) is 7.90. The molecule has 16 heavy (non-hydrogen) atoms. The van der Waals surface area contributed by atoms with Crippen LogP contribution in [-0.4, -0.2) is 30.5 Å². The van der Waals surface area contributed by atoms with E-state index in [-0.39, 0.29) is 0 Å². The summed E-state index contributed by atoms with van der Waals surface area (Å²) in [4.78, 5) is 4.66. The minimum atomic E-state index is 0.301. The SMILES string of the molecule is CCCSCc1nc(C2COCCN2)cs1. The van der Waals surface area contributed by atoms with E-state index in [1.54, 1.807) is 11.3 Å². The zero-order valence-corrected chi connectivity index (χ0v) is 11.2. The zero-order valence-electron chi connectivity index (χ0n) is 9.57. The summed E-state index contributed by atoms with van der Waals surface area (Å²) >= 11 is 3.73. The van der Waals surface area contributed by atoms with E-state index in [0.29, 0.717) is 6.04 Å². The van der Waals surface area contributed by atoms with Crippen molar-refractivity contribution in [1.29, 1.82) is 0 Å². The van der Waals surface area contributed by atoms with E-state index in [1.165, 1.54) is 17.2 Å². The summed E-state index contributed by atoms with van der Waals surface area (Å²) in [6, 6.07) is 0.301. The number of hydrogen-bond donors (Lipinski definition) is 1. The molecule has 1 aromatic heterocycles. The van der Waals surface area contributed by atoms with Gasteiger partial charge < -0.3 is 10.1 Å². The van der Waals surface area contributed by atoms with Crippen LogP contribution in [0.15, 0.2) is 5.38 Å². The number of nitrogens with one attached hydrogen (secondary N) is 1. The highest BCUT2D eigenvalue weighted by atomic mass is 32.2. The summed E-state index contributed by atoms with van der Waals surface area (Å²) in [5.74, 6) is 2.27. The average Bonchev–Trinajstić information content (AvgIpc) is 2.79. The van der Waals surface area contributed by atoms with Gasteiger partial charge in [0.25, 0.3) is 0 Å². The first kappa shape index (κ1) is 12.4. The third-order valence-electron chi connectivity index (χ3n) is 2.42. The monoisotopic (exact) mass is 258 g/mol. The first-order valence-corrected chi connectivity index (χ1v) is 7.76. The predicted molar refractivity (Wildman–Crippen MR) is 70.1 cm³/mol. The van der Waals surface area contributed by atoms with Gasteiger partial charge in [-0.1, -0.05) is 6.92 Å². The van der Waals surface area contributed by atoms with Gasteiger partial charge in [0.05, 0.1) is 24.9 Å². The van der Waals surface area contributed by atoms with Crippen LogP contribution in [0.5, 0.6) is 0 Å². The smallest absolute Gasteiger partial charge is 0.103 e. The molecule has 90 valence electrons.